The molecule has 1 spiro atoms. The lowest BCUT2D eigenvalue weighted by Crippen LogP contribution is -2.59. The third-order valence-corrected chi connectivity index (χ3v) is 3.91. The van der Waals surface area contributed by atoms with Gasteiger partial charge in [0, 0.05) is 19.4 Å². The minimum atomic E-state index is -1.03. The van der Waals surface area contributed by atoms with Crippen molar-refractivity contribution in [2.75, 3.05) is 13.1 Å². The number of hydrogen-bond donors (Lipinski definition) is 3. The molecule has 0 saturated carbocycles. The van der Waals surface area contributed by atoms with Crippen molar-refractivity contribution in [1.29, 1.82) is 0 Å². The summed E-state index contributed by atoms with van der Waals surface area (Å²) in [5.74, 6) is -1.78. The number of nitrogens with zero attached hydrogens (tertiary/aromatic N) is 1. The maximum atomic E-state index is 12.2. The number of carbonyl (C=O) groups is 4. The number of imide groups is 1. The van der Waals surface area contributed by atoms with Crippen molar-refractivity contribution in [1.82, 2.24) is 15.5 Å². The molecular weight excluding hydrogens is 278 g/mol. The van der Waals surface area contributed by atoms with E-state index in [4.69, 9.17) is 5.11 Å². The Kier molecular flexibility index (Phi) is 4.15. The highest BCUT2D eigenvalue weighted by Gasteiger charge is 2.49. The number of aliphatic carboxylic acids is 1. The number of hydrogen-bond acceptors (Lipinski definition) is 4. The zero-order valence-corrected chi connectivity index (χ0v) is 11.8. The topological polar surface area (TPSA) is 116 Å². The van der Waals surface area contributed by atoms with Gasteiger partial charge in [-0.2, -0.15) is 0 Å². The summed E-state index contributed by atoms with van der Waals surface area (Å²) in [5, 5.41) is 13.5. The van der Waals surface area contributed by atoms with Crippen LogP contribution in [0, 0.1) is 5.92 Å². The van der Waals surface area contributed by atoms with E-state index in [1.807, 2.05) is 0 Å². The van der Waals surface area contributed by atoms with Crippen LogP contribution < -0.4 is 10.6 Å². The van der Waals surface area contributed by atoms with E-state index >= 15 is 0 Å². The summed E-state index contributed by atoms with van der Waals surface area (Å²) in [5.41, 5.74) is -1.03. The number of likely N-dealkylation sites (tertiary alicyclic amines) is 1. The van der Waals surface area contributed by atoms with Crippen LogP contribution in [-0.2, 0) is 14.4 Å². The van der Waals surface area contributed by atoms with Crippen molar-refractivity contribution in [3.8, 4) is 0 Å². The van der Waals surface area contributed by atoms with Crippen LogP contribution >= 0.6 is 0 Å². The van der Waals surface area contributed by atoms with Crippen LogP contribution in [0.2, 0.25) is 0 Å². The molecule has 2 aliphatic rings. The Bertz CT molecular complexity index is 492. The molecule has 0 aromatic rings. The first-order chi connectivity index (χ1) is 9.82. The van der Waals surface area contributed by atoms with Crippen LogP contribution in [0.15, 0.2) is 0 Å². The highest BCUT2D eigenvalue weighted by molar-refractivity contribution is 6.07. The number of rotatable bonds is 4. The Labute approximate surface area is 121 Å². The lowest BCUT2D eigenvalue weighted by atomic mass is 9.88. The molecule has 2 saturated heterocycles. The van der Waals surface area contributed by atoms with E-state index in [9.17, 15) is 19.2 Å². The van der Waals surface area contributed by atoms with Crippen molar-refractivity contribution in [2.24, 2.45) is 5.92 Å². The Morgan fingerprint density at radius 3 is 2.67 bits per heavy atom. The van der Waals surface area contributed by atoms with Gasteiger partial charge in [-0.1, -0.05) is 6.92 Å². The van der Waals surface area contributed by atoms with Crippen LogP contribution in [-0.4, -0.2) is 52.4 Å². The summed E-state index contributed by atoms with van der Waals surface area (Å²) in [4.78, 5) is 47.5. The first-order valence-electron chi connectivity index (χ1n) is 6.95. The number of carboxylic acid groups (broad SMARTS) is 1. The molecule has 116 valence electrons. The molecule has 21 heavy (non-hydrogen) atoms. The summed E-state index contributed by atoms with van der Waals surface area (Å²) in [6.45, 7) is 2.36. The summed E-state index contributed by atoms with van der Waals surface area (Å²) in [6, 6.07) is -0.534. The average molecular weight is 297 g/mol. The molecule has 2 atom stereocenters. The predicted molar refractivity (Wildman–Crippen MR) is 71.3 cm³/mol. The maximum Gasteiger partial charge on any atom is 0.322 e. The number of amides is 4. The van der Waals surface area contributed by atoms with Gasteiger partial charge in [0.05, 0.1) is 6.54 Å². The smallest absolute Gasteiger partial charge is 0.322 e. The Morgan fingerprint density at radius 1 is 1.38 bits per heavy atom. The van der Waals surface area contributed by atoms with Gasteiger partial charge in [-0.25, -0.2) is 4.79 Å². The third kappa shape index (κ3) is 3.32. The van der Waals surface area contributed by atoms with Gasteiger partial charge in [0.15, 0.2) is 0 Å². The Morgan fingerprint density at radius 2 is 2.10 bits per heavy atom. The van der Waals surface area contributed by atoms with Gasteiger partial charge in [-0.3, -0.25) is 19.7 Å². The van der Waals surface area contributed by atoms with Crippen LogP contribution in [0.1, 0.15) is 32.6 Å². The van der Waals surface area contributed by atoms with E-state index in [1.54, 1.807) is 6.92 Å². The highest BCUT2D eigenvalue weighted by atomic mass is 16.4. The van der Waals surface area contributed by atoms with E-state index < -0.39 is 23.4 Å². The van der Waals surface area contributed by atoms with Crippen molar-refractivity contribution in [3.05, 3.63) is 0 Å². The average Bonchev–Trinajstić information content (AvgIpc) is 2.62. The fourth-order valence-corrected chi connectivity index (χ4v) is 2.88. The molecule has 2 unspecified atom stereocenters. The standard InChI is InChI=1S/C13H19N3O5/c1-8(6-10(18)19)5-9(17)16-4-2-3-13(7-16)11(20)14-12(21)15-13/h8H,2-7H2,1H3,(H,18,19)(H2,14,15,20,21). The third-order valence-electron chi connectivity index (χ3n) is 3.91. The summed E-state index contributed by atoms with van der Waals surface area (Å²) in [7, 11) is 0. The first-order valence-corrected chi connectivity index (χ1v) is 6.95. The molecular formula is C13H19N3O5. The minimum absolute atomic E-state index is 0.0675. The van der Waals surface area contributed by atoms with Crippen LogP contribution in [0.25, 0.3) is 0 Å². The van der Waals surface area contributed by atoms with Gasteiger partial charge in [0.2, 0.25) is 5.91 Å². The molecule has 4 amide bonds. The fraction of sp³-hybridized carbons (Fsp3) is 0.692. The lowest BCUT2D eigenvalue weighted by Gasteiger charge is -2.38. The van der Waals surface area contributed by atoms with Crippen LogP contribution in [0.5, 0.6) is 0 Å². The Balaban J connectivity index is 1.98. The quantitative estimate of drug-likeness (QED) is 0.615. The molecule has 0 radical (unpaired) electrons. The molecule has 2 aliphatic heterocycles. The van der Waals surface area contributed by atoms with Gasteiger partial charge < -0.3 is 15.3 Å². The van der Waals surface area contributed by atoms with Gasteiger partial charge in [0.1, 0.15) is 5.54 Å². The van der Waals surface area contributed by atoms with Gasteiger partial charge in [-0.15, -0.1) is 0 Å². The largest absolute Gasteiger partial charge is 0.481 e. The number of urea groups is 1. The molecule has 0 bridgehead atoms. The van der Waals surface area contributed by atoms with E-state index in [-0.39, 0.29) is 31.2 Å². The van der Waals surface area contributed by atoms with E-state index in [0.717, 1.165) is 0 Å². The van der Waals surface area contributed by atoms with Gasteiger partial charge >= 0.3 is 12.0 Å². The zero-order valence-electron chi connectivity index (χ0n) is 11.8. The van der Waals surface area contributed by atoms with Gasteiger partial charge in [0.25, 0.3) is 5.91 Å². The fourth-order valence-electron chi connectivity index (χ4n) is 2.88. The highest BCUT2D eigenvalue weighted by Crippen LogP contribution is 2.25. The number of nitrogens with one attached hydrogen (secondary N) is 2. The number of carboxylic acids is 1. The molecule has 2 fully saturated rings. The summed E-state index contributed by atoms with van der Waals surface area (Å²) < 4.78 is 0. The predicted octanol–water partition coefficient (Wildman–Crippen LogP) is -0.312. The van der Waals surface area contributed by atoms with E-state index in [1.165, 1.54) is 4.90 Å². The van der Waals surface area contributed by atoms with Crippen LogP contribution in [0.3, 0.4) is 0 Å². The molecule has 8 heteroatoms. The first kappa shape index (κ1) is 15.3. The monoisotopic (exact) mass is 297 g/mol. The van der Waals surface area contributed by atoms with E-state index in [2.05, 4.69) is 10.6 Å². The minimum Gasteiger partial charge on any atom is -0.481 e. The van der Waals surface area contributed by atoms with Crippen molar-refractivity contribution >= 4 is 23.8 Å². The van der Waals surface area contributed by atoms with E-state index in [0.29, 0.717) is 19.4 Å². The van der Waals surface area contributed by atoms with Crippen molar-refractivity contribution < 1.29 is 24.3 Å². The maximum absolute atomic E-state index is 12.2. The van der Waals surface area contributed by atoms with Crippen molar-refractivity contribution in [3.63, 3.8) is 0 Å². The number of carbonyl (C=O) groups excluding carboxylic acids is 3. The van der Waals surface area contributed by atoms with Crippen molar-refractivity contribution in [2.45, 2.75) is 38.1 Å². The SMILES string of the molecule is CC(CC(=O)O)CC(=O)N1CCCC2(C1)NC(=O)NC2=O. The molecule has 2 heterocycles. The second kappa shape index (κ2) is 5.71. The molecule has 0 aliphatic carbocycles. The van der Waals surface area contributed by atoms with Crippen LogP contribution in [0.4, 0.5) is 4.79 Å². The number of piperidine rings is 1. The summed E-state index contributed by atoms with van der Waals surface area (Å²) >= 11 is 0. The molecule has 8 nitrogen and oxygen atoms in total. The molecule has 0 aromatic carbocycles. The van der Waals surface area contributed by atoms with Gasteiger partial charge in [-0.05, 0) is 18.8 Å². The Hall–Kier alpha value is -2.12. The lowest BCUT2D eigenvalue weighted by molar-refractivity contribution is -0.139. The molecule has 0 aromatic heterocycles. The molecule has 2 rings (SSSR count). The second-order valence-electron chi connectivity index (χ2n) is 5.82. The molecule has 3 N–H and O–H groups in total. The zero-order chi connectivity index (χ0) is 15.6. The summed E-state index contributed by atoms with van der Waals surface area (Å²) in [6.07, 6.45) is 1.17. The second-order valence-corrected chi connectivity index (χ2v) is 5.82. The normalized spacial score (nSPS) is 26.4.